The summed E-state index contributed by atoms with van der Waals surface area (Å²) in [5, 5.41) is 5.67. The van der Waals surface area contributed by atoms with Gasteiger partial charge in [-0.15, -0.1) is 11.3 Å². The highest BCUT2D eigenvalue weighted by Gasteiger charge is 2.18. The maximum Gasteiger partial charge on any atom is 0.365 e. The number of hydrogen-bond donors (Lipinski definition) is 1. The zero-order valence-electron chi connectivity index (χ0n) is 13.3. The Labute approximate surface area is 161 Å². The van der Waals surface area contributed by atoms with Crippen molar-refractivity contribution in [3.8, 4) is 11.3 Å². The van der Waals surface area contributed by atoms with Gasteiger partial charge in [-0.2, -0.15) is 0 Å². The Kier molecular flexibility index (Phi) is 5.55. The number of carbonyl (C=O) groups is 2. The van der Waals surface area contributed by atoms with Crippen LogP contribution in [0.1, 0.15) is 15.4 Å². The number of rotatable bonds is 5. The minimum absolute atomic E-state index is 0.206. The molecule has 0 spiro atoms. The van der Waals surface area contributed by atoms with E-state index in [0.717, 1.165) is 10.0 Å². The summed E-state index contributed by atoms with van der Waals surface area (Å²) in [6.07, 6.45) is 0. The van der Waals surface area contributed by atoms with E-state index in [1.54, 1.807) is 35.7 Å². The first-order chi connectivity index (χ1) is 12.5. The zero-order valence-corrected chi connectivity index (χ0v) is 15.7. The van der Waals surface area contributed by atoms with Gasteiger partial charge < -0.3 is 10.6 Å². The summed E-state index contributed by atoms with van der Waals surface area (Å²) in [7, 11) is 0. The van der Waals surface area contributed by atoms with E-state index in [1.165, 1.54) is 11.3 Å². The summed E-state index contributed by atoms with van der Waals surface area (Å²) in [5.41, 5.74) is 7.01. The van der Waals surface area contributed by atoms with Crippen LogP contribution in [0.3, 0.4) is 0 Å². The number of amides is 1. The second-order valence-electron chi connectivity index (χ2n) is 5.09. The van der Waals surface area contributed by atoms with E-state index in [1.807, 2.05) is 24.3 Å². The summed E-state index contributed by atoms with van der Waals surface area (Å²) in [4.78, 5) is 32.9. The molecule has 1 amide bonds. The summed E-state index contributed by atoms with van der Waals surface area (Å²) >= 11 is 4.56. The van der Waals surface area contributed by atoms with Gasteiger partial charge in [0.2, 0.25) is 5.71 Å². The molecule has 0 atom stereocenters. The Bertz CT molecular complexity index is 969. The normalized spacial score (nSPS) is 11.2. The van der Waals surface area contributed by atoms with Crippen LogP contribution in [0.25, 0.3) is 11.3 Å². The maximum absolute atomic E-state index is 12.0. The second kappa shape index (κ2) is 8.03. The average molecular weight is 430 g/mol. The molecule has 8 heteroatoms. The molecule has 0 unspecified atom stereocenters. The minimum atomic E-state index is -0.831. The highest BCUT2D eigenvalue weighted by atomic mass is 79.9. The predicted octanol–water partition coefficient (Wildman–Crippen LogP) is 3.62. The van der Waals surface area contributed by atoms with Gasteiger partial charge in [0, 0.05) is 15.4 Å². The van der Waals surface area contributed by atoms with Crippen LogP contribution in [0, 0.1) is 0 Å². The fourth-order valence-electron chi connectivity index (χ4n) is 2.04. The molecule has 1 heterocycles. The number of primary amides is 1. The van der Waals surface area contributed by atoms with Crippen molar-refractivity contribution in [2.24, 2.45) is 10.9 Å². The van der Waals surface area contributed by atoms with Crippen molar-refractivity contribution < 1.29 is 14.4 Å². The quantitative estimate of drug-likeness (QED) is 0.380. The lowest BCUT2D eigenvalue weighted by atomic mass is 10.2. The van der Waals surface area contributed by atoms with Gasteiger partial charge in [0.15, 0.2) is 5.01 Å². The van der Waals surface area contributed by atoms with Gasteiger partial charge in [-0.1, -0.05) is 51.4 Å². The zero-order chi connectivity index (χ0) is 18.5. The van der Waals surface area contributed by atoms with Crippen molar-refractivity contribution in [1.82, 2.24) is 4.98 Å². The fourth-order valence-corrected chi connectivity index (χ4v) is 3.12. The molecule has 0 aliphatic carbocycles. The standard InChI is InChI=1S/C18H12BrN3O3S/c19-13-8-6-11(7-9-13)14-10-26-17(21-14)15(16(20)23)22-25-18(24)12-4-2-1-3-5-12/h1-10H,(H2,20,23)/b22-15+. The molecule has 2 aromatic carbocycles. The average Bonchev–Trinajstić information content (AvgIpc) is 3.12. The molecule has 0 fully saturated rings. The topological polar surface area (TPSA) is 94.6 Å². The van der Waals surface area contributed by atoms with Crippen LogP contribution in [0.4, 0.5) is 0 Å². The van der Waals surface area contributed by atoms with Crippen molar-refractivity contribution >= 4 is 44.9 Å². The molecule has 26 heavy (non-hydrogen) atoms. The summed E-state index contributed by atoms with van der Waals surface area (Å²) < 4.78 is 0.948. The van der Waals surface area contributed by atoms with Crippen LogP contribution in [0.2, 0.25) is 0 Å². The van der Waals surface area contributed by atoms with Gasteiger partial charge in [0.25, 0.3) is 5.91 Å². The van der Waals surface area contributed by atoms with Crippen LogP contribution < -0.4 is 5.73 Å². The van der Waals surface area contributed by atoms with E-state index in [-0.39, 0.29) is 10.7 Å². The number of benzene rings is 2. The molecule has 3 rings (SSSR count). The smallest absolute Gasteiger partial charge is 0.364 e. The number of thiazole rings is 1. The first-order valence-corrected chi connectivity index (χ1v) is 9.08. The van der Waals surface area contributed by atoms with Gasteiger partial charge in [0.1, 0.15) is 0 Å². The highest BCUT2D eigenvalue weighted by molar-refractivity contribution is 9.10. The van der Waals surface area contributed by atoms with Gasteiger partial charge >= 0.3 is 5.97 Å². The molecule has 0 saturated carbocycles. The number of nitrogens with zero attached hydrogens (tertiary/aromatic N) is 2. The lowest BCUT2D eigenvalue weighted by molar-refractivity contribution is -0.112. The largest absolute Gasteiger partial charge is 0.365 e. The summed E-state index contributed by atoms with van der Waals surface area (Å²) in [6, 6.07) is 15.9. The number of aromatic nitrogens is 1. The molecule has 2 N–H and O–H groups in total. The molecule has 0 aliphatic rings. The van der Waals surface area contributed by atoms with Crippen LogP contribution >= 0.6 is 27.3 Å². The summed E-state index contributed by atoms with van der Waals surface area (Å²) in [5.74, 6) is -1.52. The van der Waals surface area contributed by atoms with E-state index in [0.29, 0.717) is 11.3 Å². The number of nitrogens with two attached hydrogens (primary N) is 1. The summed E-state index contributed by atoms with van der Waals surface area (Å²) in [6.45, 7) is 0. The SMILES string of the molecule is NC(=O)/C(=N\OC(=O)c1ccccc1)c1nc(-c2ccc(Br)cc2)cs1. The van der Waals surface area contributed by atoms with E-state index in [2.05, 4.69) is 26.1 Å². The third-order valence-electron chi connectivity index (χ3n) is 3.31. The van der Waals surface area contributed by atoms with Crippen molar-refractivity contribution in [3.05, 3.63) is 75.0 Å². The molecule has 130 valence electrons. The monoisotopic (exact) mass is 429 g/mol. The lowest BCUT2D eigenvalue weighted by Crippen LogP contribution is -2.25. The molecule has 1 aromatic heterocycles. The van der Waals surface area contributed by atoms with Crippen LogP contribution in [0.15, 0.2) is 69.6 Å². The minimum Gasteiger partial charge on any atom is -0.364 e. The van der Waals surface area contributed by atoms with Crippen molar-refractivity contribution in [2.75, 3.05) is 0 Å². The van der Waals surface area contributed by atoms with E-state index >= 15 is 0 Å². The number of halogens is 1. The van der Waals surface area contributed by atoms with E-state index < -0.39 is 11.9 Å². The van der Waals surface area contributed by atoms with Gasteiger partial charge in [-0.3, -0.25) is 4.79 Å². The number of carbonyl (C=O) groups excluding carboxylic acids is 2. The predicted molar refractivity (Wildman–Crippen MR) is 103 cm³/mol. The van der Waals surface area contributed by atoms with Gasteiger partial charge in [-0.25, -0.2) is 9.78 Å². The lowest BCUT2D eigenvalue weighted by Gasteiger charge is -2.00. The number of hydrogen-bond acceptors (Lipinski definition) is 6. The third kappa shape index (κ3) is 4.22. The van der Waals surface area contributed by atoms with Crippen molar-refractivity contribution in [3.63, 3.8) is 0 Å². The van der Waals surface area contributed by atoms with Crippen molar-refractivity contribution in [1.29, 1.82) is 0 Å². The van der Waals surface area contributed by atoms with Gasteiger partial charge in [-0.05, 0) is 24.3 Å². The molecule has 6 nitrogen and oxygen atoms in total. The van der Waals surface area contributed by atoms with E-state index in [4.69, 9.17) is 10.6 Å². The molecule has 0 radical (unpaired) electrons. The first kappa shape index (κ1) is 18.0. The molecular formula is C18H12BrN3O3S. The van der Waals surface area contributed by atoms with Crippen LogP contribution in [-0.2, 0) is 9.63 Å². The Balaban J connectivity index is 1.83. The first-order valence-electron chi connectivity index (χ1n) is 7.40. The second-order valence-corrected chi connectivity index (χ2v) is 6.87. The third-order valence-corrected chi connectivity index (χ3v) is 4.69. The van der Waals surface area contributed by atoms with Crippen LogP contribution in [-0.4, -0.2) is 22.6 Å². The molecule has 0 saturated heterocycles. The van der Waals surface area contributed by atoms with Crippen LogP contribution in [0.5, 0.6) is 0 Å². The highest BCUT2D eigenvalue weighted by Crippen LogP contribution is 2.24. The Hall–Kier alpha value is -2.84. The Morgan fingerprint density at radius 1 is 1.08 bits per heavy atom. The molecule has 3 aromatic rings. The molecular weight excluding hydrogens is 418 g/mol. The maximum atomic E-state index is 12.0. The van der Waals surface area contributed by atoms with Crippen molar-refractivity contribution in [2.45, 2.75) is 0 Å². The number of oxime groups is 1. The Morgan fingerprint density at radius 2 is 1.77 bits per heavy atom. The van der Waals surface area contributed by atoms with E-state index in [9.17, 15) is 9.59 Å². The molecule has 0 bridgehead atoms. The van der Waals surface area contributed by atoms with Gasteiger partial charge in [0.05, 0.1) is 11.3 Å². The fraction of sp³-hybridized carbons (Fsp3) is 0. The molecule has 0 aliphatic heterocycles. The Morgan fingerprint density at radius 3 is 2.42 bits per heavy atom.